The number of aryl methyl sites for hydroxylation is 1. The van der Waals surface area contributed by atoms with Crippen molar-refractivity contribution in [1.82, 2.24) is 9.47 Å². The summed E-state index contributed by atoms with van der Waals surface area (Å²) in [4.78, 5) is 15.2. The maximum absolute atomic E-state index is 12.9. The van der Waals surface area contributed by atoms with Crippen LogP contribution in [0.4, 0.5) is 0 Å². The van der Waals surface area contributed by atoms with Gasteiger partial charge in [0, 0.05) is 35.3 Å². The summed E-state index contributed by atoms with van der Waals surface area (Å²) >= 11 is 10.3. The van der Waals surface area contributed by atoms with Gasteiger partial charge in [0.25, 0.3) is 5.91 Å². The van der Waals surface area contributed by atoms with Crippen LogP contribution in [0.5, 0.6) is 0 Å². The van der Waals surface area contributed by atoms with Crippen molar-refractivity contribution < 1.29 is 9.53 Å². The van der Waals surface area contributed by atoms with Crippen LogP contribution in [0.2, 0.25) is 0 Å². The van der Waals surface area contributed by atoms with Gasteiger partial charge in [0.15, 0.2) is 0 Å². The Balaban J connectivity index is 1.75. The second-order valence-corrected chi connectivity index (χ2v) is 9.92. The molecule has 0 bridgehead atoms. The van der Waals surface area contributed by atoms with Crippen molar-refractivity contribution >= 4 is 67.1 Å². The molecule has 0 N–H and O–H groups in total. The second kappa shape index (κ2) is 9.69. The number of ether oxygens (including phenoxy) is 1. The molecule has 31 heavy (non-hydrogen) atoms. The Morgan fingerprint density at radius 3 is 2.68 bits per heavy atom. The van der Waals surface area contributed by atoms with Crippen LogP contribution in [0.15, 0.2) is 58.0 Å². The highest BCUT2D eigenvalue weighted by Gasteiger charge is 2.31. The van der Waals surface area contributed by atoms with Crippen LogP contribution in [-0.4, -0.2) is 40.0 Å². The minimum atomic E-state index is -0.0486. The number of thioether (sulfide) groups is 1. The average Bonchev–Trinajstić information content (AvgIpc) is 3.25. The van der Waals surface area contributed by atoms with Crippen molar-refractivity contribution in [2.24, 2.45) is 0 Å². The van der Waals surface area contributed by atoms with E-state index >= 15 is 0 Å². The van der Waals surface area contributed by atoms with Crippen molar-refractivity contribution in [2.75, 3.05) is 20.3 Å². The molecule has 1 aromatic heterocycles. The van der Waals surface area contributed by atoms with Crippen LogP contribution >= 0.6 is 39.9 Å². The molecule has 2 heterocycles. The first kappa shape index (κ1) is 22.3. The number of benzene rings is 2. The molecule has 1 fully saturated rings. The van der Waals surface area contributed by atoms with Crippen molar-refractivity contribution in [3.63, 3.8) is 0 Å². The lowest BCUT2D eigenvalue weighted by Gasteiger charge is -2.12. The number of fused-ring (bicyclic) bond motifs is 1. The van der Waals surface area contributed by atoms with Gasteiger partial charge in [-0.3, -0.25) is 9.69 Å². The van der Waals surface area contributed by atoms with Crippen molar-refractivity contribution in [2.45, 2.75) is 19.9 Å². The van der Waals surface area contributed by atoms with Gasteiger partial charge in [0.05, 0.1) is 23.6 Å². The first-order chi connectivity index (χ1) is 15.0. The van der Waals surface area contributed by atoms with Gasteiger partial charge in [-0.25, -0.2) is 0 Å². The topological polar surface area (TPSA) is 34.5 Å². The molecule has 1 aliphatic heterocycles. The van der Waals surface area contributed by atoms with Gasteiger partial charge in [-0.1, -0.05) is 77.2 Å². The molecule has 1 saturated heterocycles. The molecular formula is C24H23BrN2O2S2. The molecule has 0 atom stereocenters. The van der Waals surface area contributed by atoms with Gasteiger partial charge in [0.2, 0.25) is 0 Å². The Bertz CT molecular complexity index is 1170. The predicted octanol–water partition coefficient (Wildman–Crippen LogP) is 5.86. The van der Waals surface area contributed by atoms with E-state index in [9.17, 15) is 4.79 Å². The van der Waals surface area contributed by atoms with E-state index in [2.05, 4.69) is 76.1 Å². The fourth-order valence-electron chi connectivity index (χ4n) is 3.79. The second-order valence-electron chi connectivity index (χ2n) is 7.33. The minimum Gasteiger partial charge on any atom is -0.383 e. The number of amides is 1. The first-order valence-electron chi connectivity index (χ1n) is 10.1. The molecule has 4 rings (SSSR count). The molecule has 0 aliphatic carbocycles. The predicted molar refractivity (Wildman–Crippen MR) is 136 cm³/mol. The largest absolute Gasteiger partial charge is 0.383 e. The Morgan fingerprint density at radius 2 is 1.97 bits per heavy atom. The molecule has 7 heteroatoms. The number of carbonyl (C=O) groups is 1. The number of methoxy groups -OCH3 is 1. The zero-order valence-corrected chi connectivity index (χ0v) is 20.6. The van der Waals surface area contributed by atoms with E-state index in [0.717, 1.165) is 28.4 Å². The smallest absolute Gasteiger partial charge is 0.266 e. The maximum atomic E-state index is 12.9. The SMILES string of the molecule is CCc1cccc2c(C=C3SC(=S)N(CCOC)C3=O)cn(Cc3ccc(Br)cc3)c12. The highest BCUT2D eigenvalue weighted by atomic mass is 79.9. The molecule has 0 radical (unpaired) electrons. The number of halogens is 1. The fraction of sp³-hybridized carbons (Fsp3) is 0.250. The standard InChI is InChI=1S/C24H23BrN2O2S2/c1-3-17-5-4-6-20-18(13-21-23(28)27(11-12-29-2)24(30)31-21)15-26(22(17)20)14-16-7-9-19(25)10-8-16/h4-10,13,15H,3,11-12,14H2,1-2H3. The number of hydrogen-bond acceptors (Lipinski definition) is 4. The molecule has 0 spiro atoms. The molecule has 4 nitrogen and oxygen atoms in total. The van der Waals surface area contributed by atoms with E-state index < -0.39 is 0 Å². The number of nitrogens with zero attached hydrogens (tertiary/aromatic N) is 2. The van der Waals surface area contributed by atoms with Gasteiger partial charge >= 0.3 is 0 Å². The number of rotatable bonds is 7. The van der Waals surface area contributed by atoms with Crippen LogP contribution in [0, 0.1) is 0 Å². The summed E-state index contributed by atoms with van der Waals surface area (Å²) in [6.07, 6.45) is 5.07. The van der Waals surface area contributed by atoms with Crippen LogP contribution in [0.25, 0.3) is 17.0 Å². The summed E-state index contributed by atoms with van der Waals surface area (Å²) in [6, 6.07) is 14.8. The molecule has 2 aromatic carbocycles. The van der Waals surface area contributed by atoms with Crippen LogP contribution in [0.3, 0.4) is 0 Å². The summed E-state index contributed by atoms with van der Waals surface area (Å²) in [6.45, 7) is 3.88. The van der Waals surface area contributed by atoms with E-state index in [1.165, 1.54) is 28.4 Å². The highest BCUT2D eigenvalue weighted by molar-refractivity contribution is 9.10. The summed E-state index contributed by atoms with van der Waals surface area (Å²) in [7, 11) is 1.62. The number of thiocarbonyl (C=S) groups is 1. The molecule has 0 unspecified atom stereocenters. The highest BCUT2D eigenvalue weighted by Crippen LogP contribution is 2.35. The van der Waals surface area contributed by atoms with Crippen LogP contribution in [-0.2, 0) is 22.5 Å². The van der Waals surface area contributed by atoms with Gasteiger partial charge in [-0.2, -0.15) is 0 Å². The molecule has 1 aliphatic rings. The van der Waals surface area contributed by atoms with Crippen LogP contribution < -0.4 is 0 Å². The van der Waals surface area contributed by atoms with E-state index in [-0.39, 0.29) is 5.91 Å². The number of para-hydroxylation sites is 1. The lowest BCUT2D eigenvalue weighted by molar-refractivity contribution is -0.122. The van der Waals surface area contributed by atoms with Crippen molar-refractivity contribution in [3.8, 4) is 0 Å². The number of aromatic nitrogens is 1. The third-order valence-electron chi connectivity index (χ3n) is 5.34. The van der Waals surface area contributed by atoms with Crippen molar-refractivity contribution in [1.29, 1.82) is 0 Å². The van der Waals surface area contributed by atoms with E-state index in [0.29, 0.717) is 22.4 Å². The van der Waals surface area contributed by atoms with Crippen LogP contribution in [0.1, 0.15) is 23.6 Å². The van der Waals surface area contributed by atoms with E-state index in [1.54, 1.807) is 12.0 Å². The molecule has 3 aromatic rings. The molecule has 0 saturated carbocycles. The Kier molecular flexibility index (Phi) is 6.96. The molecule has 160 valence electrons. The zero-order chi connectivity index (χ0) is 22.0. The summed E-state index contributed by atoms with van der Waals surface area (Å²) < 4.78 is 9.06. The third kappa shape index (κ3) is 4.65. The third-order valence-corrected chi connectivity index (χ3v) is 7.25. The summed E-state index contributed by atoms with van der Waals surface area (Å²) in [5.74, 6) is -0.0486. The Labute approximate surface area is 200 Å². The van der Waals surface area contributed by atoms with Gasteiger partial charge < -0.3 is 9.30 Å². The van der Waals surface area contributed by atoms with Crippen molar-refractivity contribution in [3.05, 3.63) is 74.7 Å². The average molecular weight is 515 g/mol. The zero-order valence-electron chi connectivity index (χ0n) is 17.4. The first-order valence-corrected chi connectivity index (χ1v) is 12.1. The van der Waals surface area contributed by atoms with E-state index in [4.69, 9.17) is 17.0 Å². The lowest BCUT2D eigenvalue weighted by Crippen LogP contribution is -2.31. The van der Waals surface area contributed by atoms with Gasteiger partial charge in [-0.05, 0) is 35.8 Å². The fourth-order valence-corrected chi connectivity index (χ4v) is 5.36. The number of hydrogen-bond donors (Lipinski definition) is 0. The molecule has 1 amide bonds. The molecular weight excluding hydrogens is 492 g/mol. The monoisotopic (exact) mass is 514 g/mol. The Morgan fingerprint density at radius 1 is 1.19 bits per heavy atom. The Hall–Kier alpha value is -1.93. The normalized spacial score (nSPS) is 15.6. The summed E-state index contributed by atoms with van der Waals surface area (Å²) in [5, 5.41) is 1.15. The number of carbonyl (C=O) groups excluding carboxylic acids is 1. The van der Waals surface area contributed by atoms with Gasteiger partial charge in [-0.15, -0.1) is 0 Å². The quantitative estimate of drug-likeness (QED) is 0.292. The summed E-state index contributed by atoms with van der Waals surface area (Å²) in [5.41, 5.74) is 4.77. The van der Waals surface area contributed by atoms with E-state index in [1.807, 2.05) is 6.08 Å². The lowest BCUT2D eigenvalue weighted by atomic mass is 10.1. The minimum absolute atomic E-state index is 0.0486. The van der Waals surface area contributed by atoms with Gasteiger partial charge in [0.1, 0.15) is 4.32 Å². The maximum Gasteiger partial charge on any atom is 0.266 e.